The maximum Gasteiger partial charge on any atom is 0.314 e. The Hall–Kier alpha value is -1.37. The molecule has 1 atom stereocenters. The number of nitrogens with two attached hydrogens (primary N) is 1. The van der Waals surface area contributed by atoms with Gasteiger partial charge in [-0.25, -0.2) is 9.78 Å². The number of aromatic nitrogens is 2. The first-order chi connectivity index (χ1) is 8.19. The minimum Gasteiger partial charge on any atom is -0.356 e. The van der Waals surface area contributed by atoms with E-state index in [-0.39, 0.29) is 12.1 Å². The molecule has 0 aliphatic carbocycles. The SMILES string of the molecule is CCc1nsc(N[C@@H]2CCCN(C(N)=O)C2)n1. The van der Waals surface area contributed by atoms with Crippen LogP contribution in [-0.2, 0) is 6.42 Å². The summed E-state index contributed by atoms with van der Waals surface area (Å²) in [6.07, 6.45) is 2.85. The van der Waals surface area contributed by atoms with Crippen LogP contribution in [0.1, 0.15) is 25.6 Å². The summed E-state index contributed by atoms with van der Waals surface area (Å²) in [7, 11) is 0. The summed E-state index contributed by atoms with van der Waals surface area (Å²) < 4.78 is 4.22. The van der Waals surface area contributed by atoms with Gasteiger partial charge >= 0.3 is 6.03 Å². The maximum atomic E-state index is 11.1. The van der Waals surface area contributed by atoms with Crippen LogP contribution in [0.4, 0.5) is 9.93 Å². The van der Waals surface area contributed by atoms with Crippen molar-refractivity contribution in [2.75, 3.05) is 18.4 Å². The number of piperidine rings is 1. The molecule has 6 nitrogen and oxygen atoms in total. The highest BCUT2D eigenvalue weighted by molar-refractivity contribution is 7.09. The minimum absolute atomic E-state index is 0.230. The predicted octanol–water partition coefficient (Wildman–Crippen LogP) is 1.06. The highest BCUT2D eigenvalue weighted by Gasteiger charge is 2.22. The van der Waals surface area contributed by atoms with Gasteiger partial charge in [0, 0.05) is 37.1 Å². The lowest BCUT2D eigenvalue weighted by atomic mass is 10.1. The lowest BCUT2D eigenvalue weighted by Gasteiger charge is -2.31. The summed E-state index contributed by atoms with van der Waals surface area (Å²) in [6, 6.07) is -0.114. The third kappa shape index (κ3) is 3.06. The quantitative estimate of drug-likeness (QED) is 0.845. The number of carbonyl (C=O) groups excluding carboxylic acids is 1. The zero-order valence-corrected chi connectivity index (χ0v) is 10.7. The number of hydrogen-bond donors (Lipinski definition) is 2. The van der Waals surface area contributed by atoms with Crippen LogP contribution < -0.4 is 11.1 Å². The molecular weight excluding hydrogens is 238 g/mol. The van der Waals surface area contributed by atoms with E-state index in [4.69, 9.17) is 5.73 Å². The van der Waals surface area contributed by atoms with Crippen LogP contribution in [-0.4, -0.2) is 39.4 Å². The second kappa shape index (κ2) is 5.31. The summed E-state index contributed by atoms with van der Waals surface area (Å²) >= 11 is 1.37. The van der Waals surface area contributed by atoms with Crippen LogP contribution in [0.5, 0.6) is 0 Å². The summed E-state index contributed by atoms with van der Waals surface area (Å²) in [5, 5.41) is 4.15. The van der Waals surface area contributed by atoms with Gasteiger partial charge in [0.15, 0.2) is 0 Å². The summed E-state index contributed by atoms with van der Waals surface area (Å²) in [4.78, 5) is 17.1. The monoisotopic (exact) mass is 255 g/mol. The molecule has 0 bridgehead atoms. The molecule has 0 aromatic carbocycles. The van der Waals surface area contributed by atoms with Crippen molar-refractivity contribution in [3.8, 4) is 0 Å². The molecule has 0 radical (unpaired) electrons. The molecule has 7 heteroatoms. The van der Waals surface area contributed by atoms with Crippen molar-refractivity contribution in [1.82, 2.24) is 14.3 Å². The normalized spacial score (nSPS) is 20.3. The first-order valence-electron chi connectivity index (χ1n) is 5.82. The standard InChI is InChI=1S/C10H17N5OS/c1-2-8-13-10(17-14-8)12-7-4-3-5-15(6-7)9(11)16/h7H,2-6H2,1H3,(H2,11,16)(H,12,13,14)/t7-/m1/s1. The Morgan fingerprint density at radius 2 is 2.53 bits per heavy atom. The number of primary amides is 1. The molecule has 2 amide bonds. The van der Waals surface area contributed by atoms with E-state index in [1.807, 2.05) is 6.92 Å². The van der Waals surface area contributed by atoms with E-state index < -0.39 is 0 Å². The van der Waals surface area contributed by atoms with Gasteiger partial charge in [-0.1, -0.05) is 6.92 Å². The number of carbonyl (C=O) groups is 1. The highest BCUT2D eigenvalue weighted by atomic mass is 32.1. The molecule has 2 rings (SSSR count). The Bertz CT molecular complexity index is 394. The van der Waals surface area contributed by atoms with Gasteiger partial charge in [-0.15, -0.1) is 0 Å². The van der Waals surface area contributed by atoms with Crippen molar-refractivity contribution in [3.63, 3.8) is 0 Å². The molecule has 1 aromatic heterocycles. The number of amides is 2. The number of anilines is 1. The first kappa shape index (κ1) is 12.1. The Labute approximate surface area is 104 Å². The number of nitrogens with zero attached hydrogens (tertiary/aromatic N) is 3. The highest BCUT2D eigenvalue weighted by Crippen LogP contribution is 2.17. The molecule has 94 valence electrons. The lowest BCUT2D eigenvalue weighted by Crippen LogP contribution is -2.47. The van der Waals surface area contributed by atoms with Gasteiger partial charge in [-0.3, -0.25) is 0 Å². The Kier molecular flexibility index (Phi) is 3.78. The molecule has 1 fully saturated rings. The van der Waals surface area contributed by atoms with Crippen molar-refractivity contribution in [1.29, 1.82) is 0 Å². The molecule has 0 unspecified atom stereocenters. The van der Waals surface area contributed by atoms with Crippen molar-refractivity contribution >= 4 is 22.7 Å². The lowest BCUT2D eigenvalue weighted by molar-refractivity contribution is 0.192. The molecule has 0 saturated carbocycles. The van der Waals surface area contributed by atoms with Gasteiger partial charge in [-0.2, -0.15) is 4.37 Å². The van der Waals surface area contributed by atoms with Crippen molar-refractivity contribution in [3.05, 3.63) is 5.82 Å². The number of aryl methyl sites for hydroxylation is 1. The van der Waals surface area contributed by atoms with E-state index in [2.05, 4.69) is 14.7 Å². The molecule has 3 N–H and O–H groups in total. The molecule has 0 spiro atoms. The largest absolute Gasteiger partial charge is 0.356 e. The van der Waals surface area contributed by atoms with E-state index in [1.54, 1.807) is 4.90 Å². The summed E-state index contributed by atoms with van der Waals surface area (Å²) in [5.74, 6) is 0.861. The zero-order chi connectivity index (χ0) is 12.3. The van der Waals surface area contributed by atoms with Gasteiger partial charge in [0.1, 0.15) is 5.82 Å². The van der Waals surface area contributed by atoms with Gasteiger partial charge < -0.3 is 16.0 Å². The molecule has 1 aliphatic rings. The van der Waals surface area contributed by atoms with Crippen LogP contribution >= 0.6 is 11.5 Å². The minimum atomic E-state index is -0.344. The number of hydrogen-bond acceptors (Lipinski definition) is 5. The number of likely N-dealkylation sites (tertiary alicyclic amines) is 1. The van der Waals surface area contributed by atoms with E-state index in [0.29, 0.717) is 6.54 Å². The fraction of sp³-hybridized carbons (Fsp3) is 0.700. The molecule has 2 heterocycles. The Balaban J connectivity index is 1.92. The van der Waals surface area contributed by atoms with Crippen LogP contribution in [0.15, 0.2) is 0 Å². The van der Waals surface area contributed by atoms with E-state index in [1.165, 1.54) is 11.5 Å². The van der Waals surface area contributed by atoms with Crippen molar-refractivity contribution in [2.45, 2.75) is 32.2 Å². The second-order valence-electron chi connectivity index (χ2n) is 4.14. The van der Waals surface area contributed by atoms with Gasteiger partial charge in [-0.05, 0) is 12.8 Å². The van der Waals surface area contributed by atoms with E-state index in [9.17, 15) is 4.79 Å². The summed E-state index contributed by atoms with van der Waals surface area (Å²) in [5.41, 5.74) is 5.28. The molecule has 1 saturated heterocycles. The van der Waals surface area contributed by atoms with Crippen LogP contribution in [0.3, 0.4) is 0 Å². The third-order valence-electron chi connectivity index (χ3n) is 2.84. The Morgan fingerprint density at radius 3 is 3.18 bits per heavy atom. The summed E-state index contributed by atoms with van der Waals surface area (Å²) in [6.45, 7) is 3.43. The second-order valence-corrected chi connectivity index (χ2v) is 4.89. The first-order valence-corrected chi connectivity index (χ1v) is 6.60. The van der Waals surface area contributed by atoms with E-state index in [0.717, 1.165) is 36.8 Å². The molecular formula is C10H17N5OS. The van der Waals surface area contributed by atoms with Crippen LogP contribution in [0.2, 0.25) is 0 Å². The number of nitrogens with one attached hydrogen (secondary N) is 1. The third-order valence-corrected chi connectivity index (χ3v) is 3.53. The predicted molar refractivity (Wildman–Crippen MR) is 67.1 cm³/mol. The average Bonchev–Trinajstić information content (AvgIpc) is 2.77. The maximum absolute atomic E-state index is 11.1. The van der Waals surface area contributed by atoms with Crippen LogP contribution in [0, 0.1) is 0 Å². The Morgan fingerprint density at radius 1 is 1.71 bits per heavy atom. The number of rotatable bonds is 3. The topological polar surface area (TPSA) is 84.1 Å². The smallest absolute Gasteiger partial charge is 0.314 e. The van der Waals surface area contributed by atoms with Crippen molar-refractivity contribution < 1.29 is 4.79 Å². The number of urea groups is 1. The van der Waals surface area contributed by atoms with E-state index >= 15 is 0 Å². The molecule has 1 aromatic rings. The van der Waals surface area contributed by atoms with Crippen LogP contribution in [0.25, 0.3) is 0 Å². The van der Waals surface area contributed by atoms with Gasteiger partial charge in [0.25, 0.3) is 0 Å². The molecule has 17 heavy (non-hydrogen) atoms. The fourth-order valence-electron chi connectivity index (χ4n) is 1.93. The molecule has 1 aliphatic heterocycles. The zero-order valence-electron chi connectivity index (χ0n) is 9.85. The van der Waals surface area contributed by atoms with Gasteiger partial charge in [0.05, 0.1) is 0 Å². The van der Waals surface area contributed by atoms with Gasteiger partial charge in [0.2, 0.25) is 5.13 Å². The average molecular weight is 255 g/mol. The van der Waals surface area contributed by atoms with Crippen molar-refractivity contribution in [2.24, 2.45) is 5.73 Å². The fourth-order valence-corrected chi connectivity index (χ4v) is 2.65.